The van der Waals surface area contributed by atoms with Crippen molar-refractivity contribution >= 4 is 33.9 Å². The molecule has 2 N–H and O–H groups in total. The highest BCUT2D eigenvalue weighted by atomic mass is 32.1. The minimum Gasteiger partial charge on any atom is -0.481 e. The zero-order chi connectivity index (χ0) is 13.8. The maximum atomic E-state index is 10.6. The van der Waals surface area contributed by atoms with E-state index in [9.17, 15) is 4.79 Å². The van der Waals surface area contributed by atoms with E-state index in [0.29, 0.717) is 10.8 Å². The number of aliphatic carboxylic acids is 1. The van der Waals surface area contributed by atoms with Crippen LogP contribution >= 0.6 is 11.3 Å². The SMILES string of the molecule is CN(C)c1ccc(Nc2nc(CC(=O)O)cs2)cn1. The van der Waals surface area contributed by atoms with Crippen molar-refractivity contribution in [3.05, 3.63) is 29.4 Å². The molecule has 0 aliphatic carbocycles. The van der Waals surface area contributed by atoms with Crippen molar-refractivity contribution in [2.45, 2.75) is 6.42 Å². The number of carboxylic acids is 1. The first-order chi connectivity index (χ1) is 9.04. The Kier molecular flexibility index (Phi) is 3.96. The van der Waals surface area contributed by atoms with Crippen LogP contribution in [-0.2, 0) is 11.2 Å². The molecule has 0 aliphatic rings. The Labute approximate surface area is 114 Å². The Morgan fingerprint density at radius 2 is 2.26 bits per heavy atom. The smallest absolute Gasteiger partial charge is 0.309 e. The third kappa shape index (κ3) is 3.65. The standard InChI is InChI=1S/C12H14N4O2S/c1-16(2)10-4-3-8(6-13-10)14-12-15-9(7-19-12)5-11(17)18/h3-4,6-7H,5H2,1-2H3,(H,14,15)(H,17,18). The van der Waals surface area contributed by atoms with Crippen LogP contribution in [0.3, 0.4) is 0 Å². The maximum Gasteiger partial charge on any atom is 0.309 e. The Hall–Kier alpha value is -2.15. The summed E-state index contributed by atoms with van der Waals surface area (Å²) in [6, 6.07) is 3.80. The third-order valence-electron chi connectivity index (χ3n) is 2.34. The lowest BCUT2D eigenvalue weighted by atomic mass is 10.3. The van der Waals surface area contributed by atoms with Gasteiger partial charge in [0.2, 0.25) is 0 Å². The number of pyridine rings is 1. The molecule has 2 aromatic rings. The van der Waals surface area contributed by atoms with Gasteiger partial charge in [0.15, 0.2) is 5.13 Å². The van der Waals surface area contributed by atoms with Gasteiger partial charge in [0.05, 0.1) is 24.0 Å². The van der Waals surface area contributed by atoms with Gasteiger partial charge in [-0.1, -0.05) is 0 Å². The lowest BCUT2D eigenvalue weighted by Gasteiger charge is -2.11. The van der Waals surface area contributed by atoms with Gasteiger partial charge in [0.25, 0.3) is 0 Å². The summed E-state index contributed by atoms with van der Waals surface area (Å²) in [5, 5.41) is 14.2. The highest BCUT2D eigenvalue weighted by molar-refractivity contribution is 7.13. The molecule has 0 radical (unpaired) electrons. The van der Waals surface area contributed by atoms with Crippen LogP contribution in [-0.4, -0.2) is 35.1 Å². The molecule has 7 heteroatoms. The summed E-state index contributed by atoms with van der Waals surface area (Å²) in [7, 11) is 3.85. The van der Waals surface area contributed by atoms with Crippen molar-refractivity contribution in [2.75, 3.05) is 24.3 Å². The van der Waals surface area contributed by atoms with Crippen LogP contribution in [0.15, 0.2) is 23.7 Å². The highest BCUT2D eigenvalue weighted by Crippen LogP contribution is 2.21. The second-order valence-electron chi connectivity index (χ2n) is 4.14. The second kappa shape index (κ2) is 5.66. The molecule has 2 heterocycles. The van der Waals surface area contributed by atoms with Gasteiger partial charge in [-0.2, -0.15) is 0 Å². The molecular weight excluding hydrogens is 264 g/mol. The Balaban J connectivity index is 2.04. The molecule has 0 unspecified atom stereocenters. The lowest BCUT2D eigenvalue weighted by molar-refractivity contribution is -0.136. The number of anilines is 3. The van der Waals surface area contributed by atoms with Crippen LogP contribution < -0.4 is 10.2 Å². The molecule has 19 heavy (non-hydrogen) atoms. The predicted octanol–water partition coefficient (Wildman–Crippen LogP) is 1.97. The largest absolute Gasteiger partial charge is 0.481 e. The van der Waals surface area contributed by atoms with Gasteiger partial charge in [0, 0.05) is 19.5 Å². The highest BCUT2D eigenvalue weighted by Gasteiger charge is 2.06. The molecule has 0 fully saturated rings. The fourth-order valence-electron chi connectivity index (χ4n) is 1.45. The topological polar surface area (TPSA) is 78.4 Å². The molecule has 6 nitrogen and oxygen atoms in total. The molecule has 0 aromatic carbocycles. The van der Waals surface area contributed by atoms with Gasteiger partial charge in [-0.05, 0) is 12.1 Å². The molecular formula is C12H14N4O2S. The quantitative estimate of drug-likeness (QED) is 0.870. The van der Waals surface area contributed by atoms with Crippen LogP contribution in [0.1, 0.15) is 5.69 Å². The van der Waals surface area contributed by atoms with E-state index < -0.39 is 5.97 Å². The molecule has 0 atom stereocenters. The number of carboxylic acid groups (broad SMARTS) is 1. The summed E-state index contributed by atoms with van der Waals surface area (Å²) in [6.07, 6.45) is 1.66. The summed E-state index contributed by atoms with van der Waals surface area (Å²) in [6.45, 7) is 0. The van der Waals surface area contributed by atoms with Gasteiger partial charge in [-0.3, -0.25) is 4.79 Å². The first-order valence-corrected chi connectivity index (χ1v) is 6.49. The van der Waals surface area contributed by atoms with E-state index in [2.05, 4.69) is 15.3 Å². The molecule has 0 bridgehead atoms. The zero-order valence-electron chi connectivity index (χ0n) is 10.6. The van der Waals surface area contributed by atoms with Gasteiger partial charge in [-0.25, -0.2) is 9.97 Å². The molecule has 0 saturated heterocycles. The molecule has 0 aliphatic heterocycles. The van der Waals surface area contributed by atoms with Gasteiger partial charge < -0.3 is 15.3 Å². The third-order valence-corrected chi connectivity index (χ3v) is 3.15. The van der Waals surface area contributed by atoms with E-state index in [0.717, 1.165) is 11.5 Å². The minimum absolute atomic E-state index is 0.0595. The molecule has 0 saturated carbocycles. The number of thiazole rings is 1. The first-order valence-electron chi connectivity index (χ1n) is 5.61. The first kappa shape index (κ1) is 13.3. The normalized spacial score (nSPS) is 10.2. The van der Waals surface area contributed by atoms with Crippen molar-refractivity contribution < 1.29 is 9.90 Å². The van der Waals surface area contributed by atoms with E-state index in [-0.39, 0.29) is 6.42 Å². The van der Waals surface area contributed by atoms with Crippen molar-refractivity contribution in [1.82, 2.24) is 9.97 Å². The molecule has 2 aromatic heterocycles. The summed E-state index contributed by atoms with van der Waals surface area (Å²) in [5.74, 6) is -0.00916. The van der Waals surface area contributed by atoms with Crippen molar-refractivity contribution in [2.24, 2.45) is 0 Å². The van der Waals surface area contributed by atoms with Gasteiger partial charge in [-0.15, -0.1) is 11.3 Å². The maximum absolute atomic E-state index is 10.6. The summed E-state index contributed by atoms with van der Waals surface area (Å²) in [5.41, 5.74) is 1.37. The fraction of sp³-hybridized carbons (Fsp3) is 0.250. The van der Waals surface area contributed by atoms with Crippen molar-refractivity contribution in [3.63, 3.8) is 0 Å². The average molecular weight is 278 g/mol. The average Bonchev–Trinajstić information content (AvgIpc) is 2.76. The zero-order valence-corrected chi connectivity index (χ0v) is 11.4. The molecule has 0 amide bonds. The number of aromatic nitrogens is 2. The van der Waals surface area contributed by atoms with E-state index in [4.69, 9.17) is 5.11 Å². The summed E-state index contributed by atoms with van der Waals surface area (Å²) < 4.78 is 0. The van der Waals surface area contributed by atoms with E-state index in [1.165, 1.54) is 11.3 Å². The van der Waals surface area contributed by atoms with Crippen molar-refractivity contribution in [1.29, 1.82) is 0 Å². The van der Waals surface area contributed by atoms with Crippen LogP contribution in [0.4, 0.5) is 16.6 Å². The number of hydrogen-bond donors (Lipinski definition) is 2. The van der Waals surface area contributed by atoms with Crippen LogP contribution in [0.2, 0.25) is 0 Å². The van der Waals surface area contributed by atoms with Gasteiger partial charge in [0.1, 0.15) is 5.82 Å². The van der Waals surface area contributed by atoms with Crippen LogP contribution in [0, 0.1) is 0 Å². The monoisotopic (exact) mass is 278 g/mol. The Morgan fingerprint density at radius 1 is 1.47 bits per heavy atom. The number of hydrogen-bond acceptors (Lipinski definition) is 6. The predicted molar refractivity (Wildman–Crippen MR) is 75.3 cm³/mol. The van der Waals surface area contributed by atoms with E-state index in [1.54, 1.807) is 11.6 Å². The second-order valence-corrected chi connectivity index (χ2v) is 5.00. The molecule has 0 spiro atoms. The molecule has 100 valence electrons. The number of nitrogens with zero attached hydrogens (tertiary/aromatic N) is 3. The fourth-order valence-corrected chi connectivity index (χ4v) is 2.18. The van der Waals surface area contributed by atoms with E-state index in [1.807, 2.05) is 31.1 Å². The summed E-state index contributed by atoms with van der Waals surface area (Å²) >= 11 is 1.37. The number of nitrogens with one attached hydrogen (secondary N) is 1. The van der Waals surface area contributed by atoms with Gasteiger partial charge >= 0.3 is 5.97 Å². The summed E-state index contributed by atoms with van der Waals surface area (Å²) in [4.78, 5) is 20.9. The number of carbonyl (C=O) groups is 1. The molecule has 2 rings (SSSR count). The van der Waals surface area contributed by atoms with Crippen LogP contribution in [0.5, 0.6) is 0 Å². The van der Waals surface area contributed by atoms with Crippen LogP contribution in [0.25, 0.3) is 0 Å². The Morgan fingerprint density at radius 3 is 2.84 bits per heavy atom. The minimum atomic E-state index is -0.881. The Bertz CT molecular complexity index is 565. The number of rotatable bonds is 5. The van der Waals surface area contributed by atoms with E-state index >= 15 is 0 Å². The van der Waals surface area contributed by atoms with Crippen molar-refractivity contribution in [3.8, 4) is 0 Å². The lowest BCUT2D eigenvalue weighted by Crippen LogP contribution is -2.10.